The quantitative estimate of drug-likeness (QED) is 0.834. The first-order chi connectivity index (χ1) is 9.50. The molecule has 0 radical (unpaired) electrons. The minimum atomic E-state index is -1.41. The Morgan fingerprint density at radius 2 is 1.85 bits per heavy atom. The zero-order chi connectivity index (χ0) is 14.7. The standard InChI is InChI=1S/C12H7F2N3O3/c13-9-7(2-4-16-10(9)14)11(18)17-8-5-15-3-1-6(8)12(19)20/h1-5H,(H,17,18)(H,19,20). The van der Waals surface area contributed by atoms with Crippen LogP contribution < -0.4 is 5.32 Å². The molecule has 0 bridgehead atoms. The molecule has 2 aromatic rings. The first-order valence-corrected chi connectivity index (χ1v) is 5.29. The summed E-state index contributed by atoms with van der Waals surface area (Å²) in [5, 5.41) is 11.1. The van der Waals surface area contributed by atoms with Crippen LogP contribution in [0.1, 0.15) is 20.7 Å². The molecule has 8 heteroatoms. The third kappa shape index (κ3) is 2.58. The Bertz CT molecular complexity index is 691. The summed E-state index contributed by atoms with van der Waals surface area (Å²) in [5.41, 5.74) is -0.928. The van der Waals surface area contributed by atoms with Gasteiger partial charge in [0.2, 0.25) is 5.95 Å². The molecule has 0 spiro atoms. The molecular weight excluding hydrogens is 272 g/mol. The Hall–Kier alpha value is -2.90. The van der Waals surface area contributed by atoms with Crippen LogP contribution in [0.3, 0.4) is 0 Å². The summed E-state index contributed by atoms with van der Waals surface area (Å²) in [6.45, 7) is 0. The summed E-state index contributed by atoms with van der Waals surface area (Å²) in [7, 11) is 0. The number of nitrogens with zero attached hydrogens (tertiary/aromatic N) is 2. The first-order valence-electron chi connectivity index (χ1n) is 5.29. The molecule has 0 aromatic carbocycles. The van der Waals surface area contributed by atoms with Crippen molar-refractivity contribution in [3.63, 3.8) is 0 Å². The number of pyridine rings is 2. The number of carboxylic acid groups (broad SMARTS) is 1. The van der Waals surface area contributed by atoms with Crippen molar-refractivity contribution in [2.75, 3.05) is 5.32 Å². The van der Waals surface area contributed by atoms with E-state index in [0.29, 0.717) is 0 Å². The zero-order valence-electron chi connectivity index (χ0n) is 9.80. The van der Waals surface area contributed by atoms with Crippen molar-refractivity contribution in [1.29, 1.82) is 0 Å². The fraction of sp³-hybridized carbons (Fsp3) is 0. The highest BCUT2D eigenvalue weighted by molar-refractivity contribution is 6.07. The lowest BCUT2D eigenvalue weighted by Crippen LogP contribution is -2.17. The van der Waals surface area contributed by atoms with Crippen LogP contribution >= 0.6 is 0 Å². The molecule has 0 atom stereocenters. The van der Waals surface area contributed by atoms with E-state index >= 15 is 0 Å². The van der Waals surface area contributed by atoms with Crippen molar-refractivity contribution in [2.24, 2.45) is 0 Å². The van der Waals surface area contributed by atoms with E-state index < -0.39 is 29.2 Å². The Kier molecular flexibility index (Phi) is 3.65. The lowest BCUT2D eigenvalue weighted by atomic mass is 10.2. The van der Waals surface area contributed by atoms with Gasteiger partial charge in [0, 0.05) is 12.4 Å². The lowest BCUT2D eigenvalue weighted by molar-refractivity contribution is 0.0698. The van der Waals surface area contributed by atoms with Gasteiger partial charge in [0.25, 0.3) is 5.91 Å². The summed E-state index contributed by atoms with van der Waals surface area (Å²) in [6, 6.07) is 2.14. The van der Waals surface area contributed by atoms with Gasteiger partial charge < -0.3 is 10.4 Å². The van der Waals surface area contributed by atoms with Gasteiger partial charge in [0.1, 0.15) is 0 Å². The number of halogens is 2. The van der Waals surface area contributed by atoms with E-state index in [0.717, 1.165) is 18.5 Å². The van der Waals surface area contributed by atoms with Crippen LogP contribution in [0.4, 0.5) is 14.5 Å². The highest BCUT2D eigenvalue weighted by Crippen LogP contribution is 2.16. The number of nitrogens with one attached hydrogen (secondary N) is 1. The third-order valence-corrected chi connectivity index (χ3v) is 2.39. The number of aromatic carboxylic acids is 1. The molecule has 2 rings (SSSR count). The number of amides is 1. The van der Waals surface area contributed by atoms with Gasteiger partial charge in [-0.15, -0.1) is 0 Å². The van der Waals surface area contributed by atoms with E-state index in [1.54, 1.807) is 0 Å². The number of hydrogen-bond donors (Lipinski definition) is 2. The maximum atomic E-state index is 13.4. The smallest absolute Gasteiger partial charge is 0.337 e. The third-order valence-electron chi connectivity index (χ3n) is 2.39. The van der Waals surface area contributed by atoms with Crippen molar-refractivity contribution in [1.82, 2.24) is 9.97 Å². The van der Waals surface area contributed by atoms with E-state index in [1.807, 2.05) is 0 Å². The monoisotopic (exact) mass is 279 g/mol. The van der Waals surface area contributed by atoms with Crippen LogP contribution in [0.25, 0.3) is 0 Å². The lowest BCUT2D eigenvalue weighted by Gasteiger charge is -2.08. The van der Waals surface area contributed by atoms with Gasteiger partial charge in [-0.25, -0.2) is 14.2 Å². The summed E-state index contributed by atoms with van der Waals surface area (Å²) >= 11 is 0. The van der Waals surface area contributed by atoms with Crippen molar-refractivity contribution in [2.45, 2.75) is 0 Å². The molecule has 2 heterocycles. The van der Waals surface area contributed by atoms with Gasteiger partial charge in [0.05, 0.1) is 23.0 Å². The van der Waals surface area contributed by atoms with Gasteiger partial charge >= 0.3 is 5.97 Å². The molecular formula is C12H7F2N3O3. The number of carboxylic acids is 1. The minimum Gasteiger partial charge on any atom is -0.478 e. The van der Waals surface area contributed by atoms with Crippen LogP contribution in [0.5, 0.6) is 0 Å². The Labute approximate surface area is 111 Å². The van der Waals surface area contributed by atoms with E-state index in [-0.39, 0.29) is 11.3 Å². The molecule has 2 N–H and O–H groups in total. The fourth-order valence-corrected chi connectivity index (χ4v) is 1.46. The molecule has 6 nitrogen and oxygen atoms in total. The molecule has 20 heavy (non-hydrogen) atoms. The molecule has 0 unspecified atom stereocenters. The van der Waals surface area contributed by atoms with E-state index in [1.165, 1.54) is 12.3 Å². The molecule has 1 amide bonds. The molecule has 0 aliphatic heterocycles. The molecule has 0 fully saturated rings. The number of aromatic nitrogens is 2. The summed E-state index contributed by atoms with van der Waals surface area (Å²) in [5.74, 6) is -5.11. The molecule has 102 valence electrons. The number of anilines is 1. The summed E-state index contributed by atoms with van der Waals surface area (Å²) in [4.78, 5) is 29.4. The molecule has 0 saturated carbocycles. The summed E-state index contributed by atoms with van der Waals surface area (Å²) < 4.78 is 26.3. The van der Waals surface area contributed by atoms with Crippen LogP contribution in [0.15, 0.2) is 30.7 Å². The normalized spacial score (nSPS) is 10.1. The van der Waals surface area contributed by atoms with Crippen molar-refractivity contribution < 1.29 is 23.5 Å². The first kappa shape index (κ1) is 13.5. The maximum absolute atomic E-state index is 13.4. The molecule has 0 aliphatic carbocycles. The second-order valence-electron chi connectivity index (χ2n) is 3.64. The average Bonchev–Trinajstić information content (AvgIpc) is 2.42. The second kappa shape index (κ2) is 5.39. The number of hydrogen-bond acceptors (Lipinski definition) is 4. The largest absolute Gasteiger partial charge is 0.478 e. The fourth-order valence-electron chi connectivity index (χ4n) is 1.46. The highest BCUT2D eigenvalue weighted by atomic mass is 19.2. The molecule has 2 aromatic heterocycles. The van der Waals surface area contributed by atoms with Crippen LogP contribution in [0, 0.1) is 11.8 Å². The average molecular weight is 279 g/mol. The Balaban J connectivity index is 2.33. The highest BCUT2D eigenvalue weighted by Gasteiger charge is 2.18. The minimum absolute atomic E-state index is 0.123. The van der Waals surface area contributed by atoms with E-state index in [9.17, 15) is 18.4 Å². The van der Waals surface area contributed by atoms with E-state index in [4.69, 9.17) is 5.11 Å². The van der Waals surface area contributed by atoms with Crippen LogP contribution in [-0.4, -0.2) is 27.0 Å². The van der Waals surface area contributed by atoms with Crippen molar-refractivity contribution in [3.8, 4) is 0 Å². The SMILES string of the molecule is O=C(O)c1ccncc1NC(=O)c1ccnc(F)c1F. The predicted octanol–water partition coefficient (Wildman–Crippen LogP) is 1.71. The number of carbonyl (C=O) groups is 2. The van der Waals surface area contributed by atoms with Gasteiger partial charge in [-0.2, -0.15) is 4.39 Å². The van der Waals surface area contributed by atoms with Gasteiger partial charge in [-0.1, -0.05) is 0 Å². The Morgan fingerprint density at radius 3 is 2.55 bits per heavy atom. The van der Waals surface area contributed by atoms with E-state index in [2.05, 4.69) is 15.3 Å². The summed E-state index contributed by atoms with van der Waals surface area (Å²) in [6.07, 6.45) is 3.25. The second-order valence-corrected chi connectivity index (χ2v) is 3.64. The van der Waals surface area contributed by atoms with Crippen molar-refractivity contribution >= 4 is 17.6 Å². The predicted molar refractivity (Wildman–Crippen MR) is 63.3 cm³/mol. The van der Waals surface area contributed by atoms with Gasteiger partial charge in [0.15, 0.2) is 5.82 Å². The van der Waals surface area contributed by atoms with Gasteiger partial charge in [-0.3, -0.25) is 9.78 Å². The topological polar surface area (TPSA) is 92.2 Å². The number of carbonyl (C=O) groups excluding carboxylic acids is 1. The van der Waals surface area contributed by atoms with Crippen LogP contribution in [0.2, 0.25) is 0 Å². The molecule has 0 aliphatic rings. The molecule has 0 saturated heterocycles. The maximum Gasteiger partial charge on any atom is 0.337 e. The zero-order valence-corrected chi connectivity index (χ0v) is 9.80. The number of rotatable bonds is 3. The Morgan fingerprint density at radius 1 is 1.15 bits per heavy atom. The van der Waals surface area contributed by atoms with Crippen molar-refractivity contribution in [3.05, 3.63) is 53.6 Å². The van der Waals surface area contributed by atoms with Crippen LogP contribution in [-0.2, 0) is 0 Å². The van der Waals surface area contributed by atoms with Gasteiger partial charge in [-0.05, 0) is 12.1 Å².